The van der Waals surface area contributed by atoms with E-state index < -0.39 is 0 Å². The van der Waals surface area contributed by atoms with Gasteiger partial charge < -0.3 is 9.88 Å². The molecule has 5 heteroatoms. The number of rotatable bonds is 2. The Hall–Kier alpha value is -1.39. The van der Waals surface area contributed by atoms with Crippen molar-refractivity contribution in [3.05, 3.63) is 12.2 Å². The van der Waals surface area contributed by atoms with Gasteiger partial charge in [-0.3, -0.25) is 4.79 Å². The molecule has 0 radical (unpaired) electrons. The van der Waals surface area contributed by atoms with Crippen molar-refractivity contribution in [2.75, 3.05) is 6.54 Å². The first-order chi connectivity index (χ1) is 5.25. The van der Waals surface area contributed by atoms with Crippen LogP contribution in [0.4, 0.5) is 0 Å². The molecule has 5 nitrogen and oxygen atoms in total. The lowest BCUT2D eigenvalue weighted by Crippen LogP contribution is -2.25. The molecule has 0 aliphatic rings. The van der Waals surface area contributed by atoms with Gasteiger partial charge in [0.15, 0.2) is 0 Å². The Bertz CT molecular complexity index is 255. The van der Waals surface area contributed by atoms with Crippen molar-refractivity contribution in [1.29, 1.82) is 0 Å². The van der Waals surface area contributed by atoms with Gasteiger partial charge in [-0.2, -0.15) is 0 Å². The van der Waals surface area contributed by atoms with Gasteiger partial charge in [-0.05, 0) is 6.92 Å². The van der Waals surface area contributed by atoms with E-state index in [0.29, 0.717) is 12.4 Å². The third kappa shape index (κ3) is 1.54. The van der Waals surface area contributed by atoms with Gasteiger partial charge in [-0.25, -0.2) is 0 Å². The van der Waals surface area contributed by atoms with Gasteiger partial charge in [0, 0.05) is 13.6 Å². The average Bonchev–Trinajstić information content (AvgIpc) is 2.36. The number of hydrogen-bond donors (Lipinski definition) is 1. The molecular formula is C6H10N4O. The normalized spacial score (nSPS) is 9.64. The molecule has 0 unspecified atom stereocenters. The number of aromatic nitrogens is 3. The van der Waals surface area contributed by atoms with Crippen LogP contribution >= 0.6 is 0 Å². The summed E-state index contributed by atoms with van der Waals surface area (Å²) in [5, 5.41) is 9.84. The Labute approximate surface area is 64.4 Å². The van der Waals surface area contributed by atoms with Crippen LogP contribution in [0.3, 0.4) is 0 Å². The van der Waals surface area contributed by atoms with Gasteiger partial charge in [0.05, 0.1) is 0 Å². The number of aryl methyl sites for hydroxylation is 1. The predicted molar refractivity (Wildman–Crippen MR) is 39.0 cm³/mol. The van der Waals surface area contributed by atoms with Gasteiger partial charge in [0.25, 0.3) is 5.91 Å². The molecule has 1 N–H and O–H groups in total. The van der Waals surface area contributed by atoms with Gasteiger partial charge >= 0.3 is 0 Å². The Morgan fingerprint density at radius 2 is 2.55 bits per heavy atom. The number of hydrogen-bond acceptors (Lipinski definition) is 3. The minimum Gasteiger partial charge on any atom is -0.350 e. The quantitative estimate of drug-likeness (QED) is 0.628. The van der Waals surface area contributed by atoms with Crippen molar-refractivity contribution in [2.45, 2.75) is 6.92 Å². The van der Waals surface area contributed by atoms with Crippen molar-refractivity contribution in [1.82, 2.24) is 20.1 Å². The van der Waals surface area contributed by atoms with Crippen LogP contribution in [-0.4, -0.2) is 27.2 Å². The summed E-state index contributed by atoms with van der Waals surface area (Å²) in [7, 11) is 1.73. The summed E-state index contributed by atoms with van der Waals surface area (Å²) >= 11 is 0. The van der Waals surface area contributed by atoms with E-state index in [4.69, 9.17) is 0 Å². The topological polar surface area (TPSA) is 59.8 Å². The molecule has 1 aromatic heterocycles. The zero-order chi connectivity index (χ0) is 8.27. The van der Waals surface area contributed by atoms with E-state index in [-0.39, 0.29) is 5.91 Å². The van der Waals surface area contributed by atoms with Crippen LogP contribution in [0.1, 0.15) is 17.5 Å². The first kappa shape index (κ1) is 7.71. The third-order valence-electron chi connectivity index (χ3n) is 1.25. The van der Waals surface area contributed by atoms with E-state index in [0.717, 1.165) is 0 Å². The minimum atomic E-state index is -0.187. The van der Waals surface area contributed by atoms with Crippen molar-refractivity contribution < 1.29 is 4.79 Å². The van der Waals surface area contributed by atoms with Crippen LogP contribution in [0.2, 0.25) is 0 Å². The standard InChI is InChI=1S/C6H10N4O/c1-3-7-6(11)5-9-8-4-10(5)2/h4H,3H2,1-2H3,(H,7,11). The molecule has 0 aliphatic heterocycles. The molecule has 60 valence electrons. The highest BCUT2D eigenvalue weighted by Gasteiger charge is 2.08. The molecule has 0 saturated carbocycles. The Morgan fingerprint density at radius 3 is 3.00 bits per heavy atom. The molecule has 0 fully saturated rings. The van der Waals surface area contributed by atoms with Gasteiger partial charge in [0.2, 0.25) is 5.82 Å². The average molecular weight is 154 g/mol. The van der Waals surface area contributed by atoms with Crippen LogP contribution < -0.4 is 5.32 Å². The van der Waals surface area contributed by atoms with Crippen molar-refractivity contribution in [3.8, 4) is 0 Å². The lowest BCUT2D eigenvalue weighted by atomic mass is 10.5. The summed E-state index contributed by atoms with van der Waals surface area (Å²) in [5.74, 6) is 0.152. The molecule has 1 amide bonds. The Kier molecular flexibility index (Phi) is 2.20. The van der Waals surface area contributed by atoms with E-state index in [9.17, 15) is 4.79 Å². The molecule has 0 spiro atoms. The summed E-state index contributed by atoms with van der Waals surface area (Å²) in [6.07, 6.45) is 1.49. The van der Waals surface area contributed by atoms with Crippen LogP contribution in [0.5, 0.6) is 0 Å². The summed E-state index contributed by atoms with van der Waals surface area (Å²) in [4.78, 5) is 11.1. The number of nitrogens with one attached hydrogen (secondary N) is 1. The maximum absolute atomic E-state index is 11.1. The van der Waals surface area contributed by atoms with Crippen LogP contribution in [0.25, 0.3) is 0 Å². The van der Waals surface area contributed by atoms with Gasteiger partial charge in [0.1, 0.15) is 6.33 Å². The summed E-state index contributed by atoms with van der Waals surface area (Å²) in [6, 6.07) is 0. The molecule has 0 saturated heterocycles. The maximum atomic E-state index is 11.1. The summed E-state index contributed by atoms with van der Waals surface area (Å²) in [6.45, 7) is 2.46. The number of amides is 1. The first-order valence-electron chi connectivity index (χ1n) is 3.38. The molecule has 11 heavy (non-hydrogen) atoms. The molecule has 0 bridgehead atoms. The number of carbonyl (C=O) groups excluding carboxylic acids is 1. The monoisotopic (exact) mass is 154 g/mol. The lowest BCUT2D eigenvalue weighted by Gasteiger charge is -1.98. The Balaban J connectivity index is 2.76. The van der Waals surface area contributed by atoms with E-state index in [1.54, 1.807) is 11.6 Å². The highest BCUT2D eigenvalue weighted by molar-refractivity contribution is 5.90. The van der Waals surface area contributed by atoms with Crippen molar-refractivity contribution >= 4 is 5.91 Å². The van der Waals surface area contributed by atoms with E-state index >= 15 is 0 Å². The molecule has 1 rings (SSSR count). The van der Waals surface area contributed by atoms with Crippen molar-refractivity contribution in [3.63, 3.8) is 0 Å². The molecule has 1 aromatic rings. The van der Waals surface area contributed by atoms with Crippen LogP contribution in [0.15, 0.2) is 6.33 Å². The number of nitrogens with zero attached hydrogens (tertiary/aromatic N) is 3. The zero-order valence-corrected chi connectivity index (χ0v) is 6.53. The largest absolute Gasteiger partial charge is 0.350 e. The lowest BCUT2D eigenvalue weighted by molar-refractivity contribution is 0.0942. The molecule has 0 aliphatic carbocycles. The minimum absolute atomic E-state index is 0.187. The molecule has 1 heterocycles. The second-order valence-electron chi connectivity index (χ2n) is 2.12. The van der Waals surface area contributed by atoms with Gasteiger partial charge in [-0.15, -0.1) is 10.2 Å². The third-order valence-corrected chi connectivity index (χ3v) is 1.25. The fourth-order valence-electron chi connectivity index (χ4n) is 0.728. The van der Waals surface area contributed by atoms with Crippen molar-refractivity contribution in [2.24, 2.45) is 7.05 Å². The second-order valence-corrected chi connectivity index (χ2v) is 2.12. The van der Waals surface area contributed by atoms with E-state index in [2.05, 4.69) is 15.5 Å². The van der Waals surface area contributed by atoms with E-state index in [1.807, 2.05) is 6.92 Å². The highest BCUT2D eigenvalue weighted by atomic mass is 16.2. The fourth-order valence-corrected chi connectivity index (χ4v) is 0.728. The predicted octanol–water partition coefficient (Wildman–Crippen LogP) is -0.435. The molecule has 0 aromatic carbocycles. The molecule has 0 atom stereocenters. The first-order valence-corrected chi connectivity index (χ1v) is 3.38. The maximum Gasteiger partial charge on any atom is 0.289 e. The number of carbonyl (C=O) groups is 1. The smallest absolute Gasteiger partial charge is 0.289 e. The fraction of sp³-hybridized carbons (Fsp3) is 0.500. The van der Waals surface area contributed by atoms with Crippen LogP contribution in [-0.2, 0) is 7.05 Å². The highest BCUT2D eigenvalue weighted by Crippen LogP contribution is 1.89. The second kappa shape index (κ2) is 3.14. The summed E-state index contributed by atoms with van der Waals surface area (Å²) < 4.78 is 1.57. The van der Waals surface area contributed by atoms with E-state index in [1.165, 1.54) is 6.33 Å². The zero-order valence-electron chi connectivity index (χ0n) is 6.53. The Morgan fingerprint density at radius 1 is 1.82 bits per heavy atom. The van der Waals surface area contributed by atoms with Crippen LogP contribution in [0, 0.1) is 0 Å². The molecular weight excluding hydrogens is 144 g/mol. The SMILES string of the molecule is CCNC(=O)c1nncn1C. The summed E-state index contributed by atoms with van der Waals surface area (Å²) in [5.41, 5.74) is 0. The van der Waals surface area contributed by atoms with Gasteiger partial charge in [-0.1, -0.05) is 0 Å².